The highest BCUT2D eigenvalue weighted by atomic mass is 32.2. The van der Waals surface area contributed by atoms with Crippen LogP contribution in [0.1, 0.15) is 5.56 Å². The number of fused-ring (bicyclic) bond motifs is 1. The van der Waals surface area contributed by atoms with Crippen LogP contribution in [0.5, 0.6) is 0 Å². The summed E-state index contributed by atoms with van der Waals surface area (Å²) >= 11 is 0. The van der Waals surface area contributed by atoms with Gasteiger partial charge in [0.2, 0.25) is 10.0 Å². The molecule has 4 rings (SSSR count). The Labute approximate surface area is 157 Å². The number of rotatable bonds is 5. The first-order valence-electron chi connectivity index (χ1n) is 8.32. The van der Waals surface area contributed by atoms with Crippen LogP contribution in [-0.4, -0.2) is 23.4 Å². The second-order valence-electron chi connectivity index (χ2n) is 5.94. The third kappa shape index (κ3) is 3.69. The van der Waals surface area contributed by atoms with Crippen molar-refractivity contribution < 1.29 is 8.42 Å². The van der Waals surface area contributed by atoms with Gasteiger partial charge in [-0.25, -0.2) is 13.1 Å². The van der Waals surface area contributed by atoms with Crippen molar-refractivity contribution in [2.24, 2.45) is 0 Å². The average Bonchev–Trinajstić information content (AvgIpc) is 2.73. The van der Waals surface area contributed by atoms with Crippen LogP contribution < -0.4 is 4.72 Å². The van der Waals surface area contributed by atoms with E-state index in [0.717, 1.165) is 22.2 Å². The number of para-hydroxylation sites is 1. The summed E-state index contributed by atoms with van der Waals surface area (Å²) in [5, 5.41) is 0.782. The van der Waals surface area contributed by atoms with E-state index < -0.39 is 10.0 Å². The predicted molar refractivity (Wildman–Crippen MR) is 103 cm³/mol. The van der Waals surface area contributed by atoms with E-state index in [0.29, 0.717) is 5.52 Å². The Morgan fingerprint density at radius 2 is 1.67 bits per heavy atom. The molecule has 27 heavy (non-hydrogen) atoms. The molecule has 0 bridgehead atoms. The summed E-state index contributed by atoms with van der Waals surface area (Å²) in [7, 11) is -3.71. The maximum atomic E-state index is 12.8. The summed E-state index contributed by atoms with van der Waals surface area (Å²) in [4.78, 5) is 12.7. The molecule has 0 saturated carbocycles. The van der Waals surface area contributed by atoms with Crippen molar-refractivity contribution in [3.8, 4) is 11.3 Å². The van der Waals surface area contributed by atoms with Crippen LogP contribution in [0, 0.1) is 0 Å². The third-order valence-corrected chi connectivity index (χ3v) is 5.58. The third-order valence-electron chi connectivity index (χ3n) is 4.15. The van der Waals surface area contributed by atoms with E-state index in [1.54, 1.807) is 49.1 Å². The summed E-state index contributed by atoms with van der Waals surface area (Å²) in [5.74, 6) is 0. The second-order valence-corrected chi connectivity index (χ2v) is 7.68. The van der Waals surface area contributed by atoms with Crippen LogP contribution in [0.25, 0.3) is 22.2 Å². The second kappa shape index (κ2) is 7.22. The van der Waals surface area contributed by atoms with Gasteiger partial charge in [-0.15, -0.1) is 0 Å². The zero-order chi connectivity index (χ0) is 18.7. The Morgan fingerprint density at radius 3 is 2.52 bits per heavy atom. The van der Waals surface area contributed by atoms with E-state index in [4.69, 9.17) is 0 Å². The molecule has 0 aliphatic rings. The molecule has 0 fully saturated rings. The molecule has 0 amide bonds. The van der Waals surface area contributed by atoms with Crippen molar-refractivity contribution in [3.05, 3.63) is 84.9 Å². The summed E-state index contributed by atoms with van der Waals surface area (Å²) in [6.45, 7) is 0.159. The molecule has 4 aromatic rings. The molecular formula is C20H16N4O2S. The fourth-order valence-corrected chi connectivity index (χ4v) is 4.01. The van der Waals surface area contributed by atoms with E-state index in [-0.39, 0.29) is 11.4 Å². The molecule has 0 radical (unpaired) electrons. The fourth-order valence-electron chi connectivity index (χ4n) is 2.81. The fraction of sp³-hybridized carbons (Fsp3) is 0.0500. The maximum absolute atomic E-state index is 12.8. The van der Waals surface area contributed by atoms with Gasteiger partial charge in [-0.2, -0.15) is 0 Å². The van der Waals surface area contributed by atoms with Gasteiger partial charge in [0, 0.05) is 42.3 Å². The van der Waals surface area contributed by atoms with Gasteiger partial charge >= 0.3 is 0 Å². The zero-order valence-electron chi connectivity index (χ0n) is 14.3. The number of nitrogens with one attached hydrogen (secondary N) is 1. The van der Waals surface area contributed by atoms with Crippen LogP contribution in [0.15, 0.2) is 84.3 Å². The number of pyridine rings is 3. The van der Waals surface area contributed by atoms with Crippen LogP contribution >= 0.6 is 0 Å². The highest BCUT2D eigenvalue weighted by molar-refractivity contribution is 7.89. The molecule has 1 N–H and O–H groups in total. The minimum absolute atomic E-state index is 0.159. The van der Waals surface area contributed by atoms with Gasteiger partial charge < -0.3 is 0 Å². The molecule has 0 saturated heterocycles. The highest BCUT2D eigenvalue weighted by Gasteiger charge is 2.17. The number of aromatic nitrogens is 3. The van der Waals surface area contributed by atoms with E-state index in [2.05, 4.69) is 19.7 Å². The molecule has 134 valence electrons. The van der Waals surface area contributed by atoms with Gasteiger partial charge in [-0.3, -0.25) is 15.0 Å². The number of sulfonamides is 1. The van der Waals surface area contributed by atoms with Crippen molar-refractivity contribution in [1.29, 1.82) is 0 Å². The van der Waals surface area contributed by atoms with Crippen molar-refractivity contribution in [3.63, 3.8) is 0 Å². The normalized spacial score (nSPS) is 11.6. The summed E-state index contributed by atoms with van der Waals surface area (Å²) in [5.41, 5.74) is 2.96. The molecule has 0 atom stereocenters. The number of hydrogen-bond donors (Lipinski definition) is 1. The zero-order valence-corrected chi connectivity index (χ0v) is 15.1. The molecule has 3 aromatic heterocycles. The predicted octanol–water partition coefficient (Wildman–Crippen LogP) is 3.17. The highest BCUT2D eigenvalue weighted by Crippen LogP contribution is 2.21. The molecule has 0 aliphatic heterocycles. The molecular weight excluding hydrogens is 360 g/mol. The van der Waals surface area contributed by atoms with Gasteiger partial charge in [0.05, 0.1) is 11.2 Å². The molecule has 3 heterocycles. The maximum Gasteiger partial charge on any atom is 0.243 e. The van der Waals surface area contributed by atoms with E-state index in [1.807, 2.05) is 30.3 Å². The minimum atomic E-state index is -3.71. The smallest absolute Gasteiger partial charge is 0.243 e. The van der Waals surface area contributed by atoms with Gasteiger partial charge in [-0.1, -0.05) is 18.2 Å². The Bertz CT molecular complexity index is 1190. The standard InChI is InChI=1S/C20H16N4O2S/c25-27(26,19-5-1-3-17-4-2-9-23-20(17)19)24-14-15-6-12-22-18(13-15)16-7-10-21-11-8-16/h1-13,24H,14H2. The molecule has 6 nitrogen and oxygen atoms in total. The summed E-state index contributed by atoms with van der Waals surface area (Å²) < 4.78 is 28.3. The first-order valence-corrected chi connectivity index (χ1v) is 9.80. The van der Waals surface area contributed by atoms with Gasteiger partial charge in [0.1, 0.15) is 4.90 Å². The van der Waals surface area contributed by atoms with Gasteiger partial charge in [0.15, 0.2) is 0 Å². The average molecular weight is 376 g/mol. The number of hydrogen-bond acceptors (Lipinski definition) is 5. The van der Waals surface area contributed by atoms with Crippen molar-refractivity contribution in [1.82, 2.24) is 19.7 Å². The summed E-state index contributed by atoms with van der Waals surface area (Å²) in [6.07, 6.45) is 6.64. The van der Waals surface area contributed by atoms with Crippen LogP contribution in [0.4, 0.5) is 0 Å². The Balaban J connectivity index is 1.60. The number of benzene rings is 1. The monoisotopic (exact) mass is 376 g/mol. The van der Waals surface area contributed by atoms with Crippen LogP contribution in [-0.2, 0) is 16.6 Å². The molecule has 1 aromatic carbocycles. The topological polar surface area (TPSA) is 84.8 Å². The lowest BCUT2D eigenvalue weighted by molar-refractivity contribution is 0.582. The summed E-state index contributed by atoms with van der Waals surface area (Å²) in [6, 6.07) is 16.1. The van der Waals surface area contributed by atoms with Crippen LogP contribution in [0.2, 0.25) is 0 Å². The Morgan fingerprint density at radius 1 is 0.852 bits per heavy atom. The van der Waals surface area contributed by atoms with E-state index in [9.17, 15) is 8.42 Å². The Kier molecular flexibility index (Phi) is 4.62. The van der Waals surface area contributed by atoms with Gasteiger partial charge in [-0.05, 0) is 42.0 Å². The van der Waals surface area contributed by atoms with Crippen molar-refractivity contribution >= 4 is 20.9 Å². The molecule has 0 aliphatic carbocycles. The Hall–Kier alpha value is -3.16. The molecule has 0 unspecified atom stereocenters. The first-order chi connectivity index (χ1) is 13.1. The van der Waals surface area contributed by atoms with E-state index >= 15 is 0 Å². The first kappa shape index (κ1) is 17.3. The van der Waals surface area contributed by atoms with Crippen molar-refractivity contribution in [2.75, 3.05) is 0 Å². The lowest BCUT2D eigenvalue weighted by atomic mass is 10.1. The molecule has 7 heteroatoms. The SMILES string of the molecule is O=S(=O)(NCc1ccnc(-c2ccncc2)c1)c1cccc2cccnc12. The van der Waals surface area contributed by atoms with Gasteiger partial charge in [0.25, 0.3) is 0 Å². The lowest BCUT2D eigenvalue weighted by Gasteiger charge is -2.10. The number of nitrogens with zero attached hydrogens (tertiary/aromatic N) is 3. The van der Waals surface area contributed by atoms with Crippen LogP contribution in [0.3, 0.4) is 0 Å². The lowest BCUT2D eigenvalue weighted by Crippen LogP contribution is -2.23. The van der Waals surface area contributed by atoms with E-state index in [1.165, 1.54) is 0 Å². The minimum Gasteiger partial charge on any atom is -0.265 e. The van der Waals surface area contributed by atoms with Crippen molar-refractivity contribution in [2.45, 2.75) is 11.4 Å². The molecule has 0 spiro atoms. The largest absolute Gasteiger partial charge is 0.265 e. The quantitative estimate of drug-likeness (QED) is 0.578.